The van der Waals surface area contributed by atoms with Gasteiger partial charge in [-0.3, -0.25) is 9.59 Å². The van der Waals surface area contributed by atoms with Crippen LogP contribution in [0.5, 0.6) is 0 Å². The van der Waals surface area contributed by atoms with Crippen molar-refractivity contribution in [3.8, 4) is 6.07 Å². The van der Waals surface area contributed by atoms with Crippen molar-refractivity contribution in [2.45, 2.75) is 66.0 Å². The van der Waals surface area contributed by atoms with E-state index >= 15 is 0 Å². The molecule has 1 atom stereocenters. The smallest absolute Gasteiger partial charge is 0.253 e. The molecule has 1 aromatic carbocycles. The van der Waals surface area contributed by atoms with E-state index in [9.17, 15) is 14.9 Å². The Bertz CT molecular complexity index is 1070. The van der Waals surface area contributed by atoms with Gasteiger partial charge in [-0.25, -0.2) is 0 Å². The van der Waals surface area contributed by atoms with Crippen LogP contribution >= 0.6 is 0 Å². The van der Waals surface area contributed by atoms with Crippen LogP contribution in [-0.4, -0.2) is 23.5 Å². The van der Waals surface area contributed by atoms with Gasteiger partial charge < -0.3 is 21.4 Å². The molecule has 0 radical (unpaired) electrons. The molecular weight excluding hydrogens is 390 g/mol. The zero-order valence-electron chi connectivity index (χ0n) is 19.1. The fraction of sp³-hybridized carbons (Fsp3) is 0.458. The number of aryl methyl sites for hydroxylation is 2. The fourth-order valence-corrected chi connectivity index (χ4v) is 4.57. The number of aromatic amines is 1. The van der Waals surface area contributed by atoms with E-state index < -0.39 is 0 Å². The summed E-state index contributed by atoms with van der Waals surface area (Å²) < 4.78 is 0. The van der Waals surface area contributed by atoms with Gasteiger partial charge in [-0.05, 0) is 56.0 Å². The molecule has 0 aliphatic carbocycles. The molecule has 5 N–H and O–H groups in total. The third-order valence-electron chi connectivity index (χ3n) is 6.11. The van der Waals surface area contributed by atoms with Gasteiger partial charge in [0, 0.05) is 50.4 Å². The van der Waals surface area contributed by atoms with Gasteiger partial charge >= 0.3 is 0 Å². The summed E-state index contributed by atoms with van der Waals surface area (Å²) in [5, 5.41) is 12.4. The van der Waals surface area contributed by atoms with Crippen molar-refractivity contribution in [2.24, 2.45) is 0 Å². The van der Waals surface area contributed by atoms with Crippen molar-refractivity contribution in [3.05, 3.63) is 62.1 Å². The normalized spacial score (nSPS) is 14.7. The monoisotopic (exact) mass is 427 g/mol. The summed E-state index contributed by atoms with van der Waals surface area (Å²) in [7, 11) is 0. The maximum Gasteiger partial charge on any atom is 0.253 e. The summed E-state index contributed by atoms with van der Waals surface area (Å²) in [6, 6.07) is 8.06. The maximum atomic E-state index is 13.1. The van der Waals surface area contributed by atoms with Crippen molar-refractivity contribution in [1.29, 1.82) is 5.26 Å². The minimum Gasteiger partial charge on any atom is -0.368 e. The first-order valence-electron chi connectivity index (χ1n) is 10.6. The lowest BCUT2D eigenvalue weighted by molar-refractivity contribution is 0.0949. The molecule has 0 fully saturated rings. The third-order valence-corrected chi connectivity index (χ3v) is 6.11. The first-order valence-corrected chi connectivity index (χ1v) is 10.6. The van der Waals surface area contributed by atoms with E-state index in [4.69, 9.17) is 0 Å². The Morgan fingerprint density at radius 3 is 2.58 bits per heavy atom. The highest BCUT2D eigenvalue weighted by Gasteiger charge is 2.33. The number of carbonyl (C=O) groups excluding carboxylic acids is 1. The number of benzene rings is 1. The number of rotatable bonds is 6. The quantitative estimate of drug-likeness (QED) is 0.623. The van der Waals surface area contributed by atoms with E-state index in [1.54, 1.807) is 6.07 Å². The molecule has 1 aromatic heterocycles. The molecule has 0 saturated carbocycles. The highest BCUT2D eigenvalue weighted by atomic mass is 16.1. The van der Waals surface area contributed by atoms with Gasteiger partial charge in [0.15, 0.2) is 0 Å². The van der Waals surface area contributed by atoms with Gasteiger partial charge in [0.1, 0.15) is 0 Å². The zero-order chi connectivity index (χ0) is 22.0. The van der Waals surface area contributed by atoms with E-state index in [2.05, 4.69) is 42.0 Å². The number of amides is 1. The van der Waals surface area contributed by atoms with Crippen LogP contribution in [0.15, 0.2) is 23.0 Å². The zero-order valence-corrected chi connectivity index (χ0v) is 19.1. The third kappa shape index (κ3) is 4.64. The second-order valence-electron chi connectivity index (χ2n) is 8.22. The largest absolute Gasteiger partial charge is 0.368 e. The molecule has 1 aliphatic heterocycles. The van der Waals surface area contributed by atoms with E-state index in [0.717, 1.165) is 41.9 Å². The average molecular weight is 428 g/mol. The summed E-state index contributed by atoms with van der Waals surface area (Å²) in [5.41, 5.74) is 5.01. The van der Waals surface area contributed by atoms with Gasteiger partial charge in [-0.15, -0.1) is 0 Å². The van der Waals surface area contributed by atoms with Gasteiger partial charge in [-0.1, -0.05) is 20.8 Å². The first kappa shape index (κ1) is 24.2. The van der Waals surface area contributed by atoms with E-state index in [1.807, 2.05) is 26.0 Å². The number of pyridine rings is 1. The Labute approximate surface area is 187 Å². The number of anilines is 1. The van der Waals surface area contributed by atoms with Gasteiger partial charge in [-0.2, -0.15) is 5.26 Å². The topological polar surface area (TPSA) is 124 Å². The Hall–Kier alpha value is -3.11. The molecule has 170 valence electrons. The molecule has 0 saturated heterocycles. The molecule has 7 nitrogen and oxygen atoms in total. The molecule has 0 bridgehead atoms. The Kier molecular flexibility index (Phi) is 7.64. The molecule has 3 rings (SSSR count). The van der Waals surface area contributed by atoms with Crippen LogP contribution in [0.4, 0.5) is 5.69 Å². The van der Waals surface area contributed by atoms with Crippen LogP contribution in [0.3, 0.4) is 0 Å². The number of nitrogens with zero attached hydrogens (tertiary/aromatic N) is 2. The van der Waals surface area contributed by atoms with Crippen molar-refractivity contribution < 1.29 is 7.65 Å². The van der Waals surface area contributed by atoms with Crippen molar-refractivity contribution >= 4 is 11.6 Å². The molecule has 1 amide bonds. The predicted octanol–water partition coefficient (Wildman–Crippen LogP) is 4.56. The minimum atomic E-state index is -0.249. The minimum absolute atomic E-state index is 0. The SMILES string of the molecule is CCC(CC)N1CC(C)c2c(C(=O)NCc3c(C)cc(C)[nH]c3=O)cc(C#N)cc21.N.[HH].[HH]. The van der Waals surface area contributed by atoms with Crippen LogP contribution in [-0.2, 0) is 6.54 Å². The van der Waals surface area contributed by atoms with Crippen LogP contribution < -0.4 is 21.9 Å². The Morgan fingerprint density at radius 1 is 1.32 bits per heavy atom. The number of carbonyl (C=O) groups is 1. The van der Waals surface area contributed by atoms with Gasteiger partial charge in [0.25, 0.3) is 11.5 Å². The average Bonchev–Trinajstić information content (AvgIpc) is 3.03. The van der Waals surface area contributed by atoms with Crippen molar-refractivity contribution in [1.82, 2.24) is 16.5 Å². The molecule has 7 heteroatoms. The van der Waals surface area contributed by atoms with Crippen molar-refractivity contribution in [3.63, 3.8) is 0 Å². The molecule has 2 aromatic rings. The molecule has 0 spiro atoms. The molecular formula is C24H37N5O2. The van der Waals surface area contributed by atoms with Crippen molar-refractivity contribution in [2.75, 3.05) is 11.4 Å². The number of H-pyrrole nitrogens is 1. The first-order chi connectivity index (χ1) is 14.3. The van der Waals surface area contributed by atoms with E-state index in [-0.39, 0.29) is 32.9 Å². The molecule has 2 heterocycles. The van der Waals surface area contributed by atoms with Gasteiger partial charge in [0.05, 0.1) is 11.6 Å². The number of nitriles is 1. The number of aromatic nitrogens is 1. The van der Waals surface area contributed by atoms with Crippen LogP contribution in [0.2, 0.25) is 0 Å². The van der Waals surface area contributed by atoms with Crippen LogP contribution in [0.1, 0.15) is 80.7 Å². The summed E-state index contributed by atoms with van der Waals surface area (Å²) in [6.45, 7) is 11.1. The number of nitrogens with one attached hydrogen (secondary N) is 2. The highest BCUT2D eigenvalue weighted by molar-refractivity contribution is 5.98. The second-order valence-corrected chi connectivity index (χ2v) is 8.22. The lowest BCUT2D eigenvalue weighted by Gasteiger charge is -2.29. The fourth-order valence-electron chi connectivity index (χ4n) is 4.57. The number of hydrogen-bond acceptors (Lipinski definition) is 5. The second kappa shape index (κ2) is 9.80. The summed E-state index contributed by atoms with van der Waals surface area (Å²) in [5.74, 6) is -0.0559. The number of hydrogen-bond donors (Lipinski definition) is 3. The van der Waals surface area contributed by atoms with E-state index in [1.165, 1.54) is 0 Å². The standard InChI is InChI=1S/C24H30N4O2.H3N.2H2/c1-6-18(7-2)28-13-15(4)22-19(9-17(11-25)10-21(22)28)23(29)26-12-20-14(3)8-16(5)27-24(20)30;;;/h8-10,15,18H,6-7,12-13H2,1-5H3,(H,26,29)(H,27,30);1H3;2*1H. The van der Waals surface area contributed by atoms with E-state index in [0.29, 0.717) is 22.7 Å². The maximum absolute atomic E-state index is 13.1. The Morgan fingerprint density at radius 2 is 2.00 bits per heavy atom. The molecule has 1 unspecified atom stereocenters. The summed E-state index contributed by atoms with van der Waals surface area (Å²) in [6.07, 6.45) is 2.02. The number of fused-ring (bicyclic) bond motifs is 1. The van der Waals surface area contributed by atoms with Crippen LogP contribution in [0.25, 0.3) is 0 Å². The Balaban J connectivity index is 0.00000341. The van der Waals surface area contributed by atoms with Crippen LogP contribution in [0, 0.1) is 25.2 Å². The summed E-state index contributed by atoms with van der Waals surface area (Å²) >= 11 is 0. The lowest BCUT2D eigenvalue weighted by atomic mass is 9.94. The molecule has 31 heavy (non-hydrogen) atoms. The predicted molar refractivity (Wildman–Crippen MR) is 128 cm³/mol. The van der Waals surface area contributed by atoms with Gasteiger partial charge in [0.2, 0.25) is 0 Å². The highest BCUT2D eigenvalue weighted by Crippen LogP contribution is 2.41. The molecule has 1 aliphatic rings. The summed E-state index contributed by atoms with van der Waals surface area (Å²) in [4.78, 5) is 30.5. The lowest BCUT2D eigenvalue weighted by Crippen LogP contribution is -2.33.